The minimum Gasteiger partial charge on any atom is -0.339 e. The van der Waals surface area contributed by atoms with Gasteiger partial charge < -0.3 is 10.2 Å². The zero-order valence-electron chi connectivity index (χ0n) is 23.4. The van der Waals surface area contributed by atoms with Gasteiger partial charge in [0, 0.05) is 36.3 Å². The summed E-state index contributed by atoms with van der Waals surface area (Å²) in [4.78, 5) is 42.8. The van der Waals surface area contributed by atoms with Crippen molar-refractivity contribution in [1.82, 2.24) is 15.1 Å². The number of halogens is 3. The number of carbonyl (C=O) groups excluding carboxylic acids is 3. The van der Waals surface area contributed by atoms with Gasteiger partial charge in [0.15, 0.2) is 0 Å². The molecule has 0 aliphatic carbocycles. The van der Waals surface area contributed by atoms with Crippen LogP contribution in [0.2, 0.25) is 0 Å². The van der Waals surface area contributed by atoms with Crippen molar-refractivity contribution in [2.24, 2.45) is 0 Å². The molecule has 0 unspecified atom stereocenters. The first-order valence-electron chi connectivity index (χ1n) is 13.5. The summed E-state index contributed by atoms with van der Waals surface area (Å²) in [6.45, 7) is 5.56. The molecule has 220 valence electrons. The van der Waals surface area contributed by atoms with Crippen molar-refractivity contribution in [3.8, 4) is 5.69 Å². The largest absolute Gasteiger partial charge is 0.416 e. The number of para-hydroxylation sites is 1. The molecular formula is C32H28F3N5O3. The van der Waals surface area contributed by atoms with Gasteiger partial charge in [0.2, 0.25) is 5.91 Å². The van der Waals surface area contributed by atoms with Gasteiger partial charge >= 0.3 is 6.18 Å². The average molecular weight is 588 g/mol. The Bertz CT molecular complexity index is 1700. The molecule has 2 atom stereocenters. The van der Waals surface area contributed by atoms with E-state index in [9.17, 15) is 27.6 Å². The molecule has 11 heteroatoms. The fourth-order valence-corrected chi connectivity index (χ4v) is 5.27. The molecule has 1 aromatic heterocycles. The molecule has 0 fully saturated rings. The van der Waals surface area contributed by atoms with E-state index in [0.29, 0.717) is 28.3 Å². The highest BCUT2D eigenvalue weighted by molar-refractivity contribution is 6.05. The molecule has 3 aromatic carbocycles. The molecule has 0 radical (unpaired) electrons. The maximum absolute atomic E-state index is 14.2. The molecule has 0 spiro atoms. The monoisotopic (exact) mass is 587 g/mol. The second-order valence-electron chi connectivity index (χ2n) is 9.96. The number of hydrogen-bond acceptors (Lipinski definition) is 4. The van der Waals surface area contributed by atoms with Crippen LogP contribution in [0.3, 0.4) is 0 Å². The number of carbonyl (C=O) groups is 3. The van der Waals surface area contributed by atoms with Gasteiger partial charge in [0.25, 0.3) is 11.8 Å². The summed E-state index contributed by atoms with van der Waals surface area (Å²) in [5, 5.41) is 7.31. The number of fused-ring (bicyclic) bond motifs is 1. The van der Waals surface area contributed by atoms with Crippen LogP contribution in [0.1, 0.15) is 39.9 Å². The molecule has 3 amide bonds. The number of amides is 3. The predicted octanol–water partition coefficient (Wildman–Crippen LogP) is 5.34. The minimum absolute atomic E-state index is 0.236. The van der Waals surface area contributed by atoms with E-state index in [4.69, 9.17) is 0 Å². The highest BCUT2D eigenvalue weighted by atomic mass is 19.4. The van der Waals surface area contributed by atoms with E-state index in [-0.39, 0.29) is 18.0 Å². The molecule has 0 saturated carbocycles. The molecule has 0 bridgehead atoms. The SMILES string of the molecule is C=CC(=O)N(C)c1cccc([C@H]2c3cnn(-c4ccccc4)c3N(CC)C(=O)[C@@H]2NC(=O)c2cccc(C(F)(F)F)c2)c1. The molecule has 0 saturated heterocycles. The lowest BCUT2D eigenvalue weighted by Gasteiger charge is -2.38. The summed E-state index contributed by atoms with van der Waals surface area (Å²) in [7, 11) is 1.58. The highest BCUT2D eigenvalue weighted by Gasteiger charge is 2.44. The van der Waals surface area contributed by atoms with Crippen LogP contribution in [0, 0.1) is 0 Å². The van der Waals surface area contributed by atoms with E-state index >= 15 is 0 Å². The summed E-state index contributed by atoms with van der Waals surface area (Å²) in [5.74, 6) is -1.92. The van der Waals surface area contributed by atoms with Gasteiger partial charge in [0.1, 0.15) is 11.9 Å². The first kappa shape index (κ1) is 29.3. The summed E-state index contributed by atoms with van der Waals surface area (Å²) >= 11 is 0. The fourth-order valence-electron chi connectivity index (χ4n) is 5.27. The van der Waals surface area contributed by atoms with Gasteiger partial charge in [-0.25, -0.2) is 4.68 Å². The van der Waals surface area contributed by atoms with Crippen LogP contribution in [0.15, 0.2) is 97.7 Å². The molecule has 1 aliphatic heterocycles. The second-order valence-corrected chi connectivity index (χ2v) is 9.96. The number of anilines is 2. The van der Waals surface area contributed by atoms with Crippen molar-refractivity contribution in [3.63, 3.8) is 0 Å². The second kappa shape index (κ2) is 11.6. The molecule has 2 heterocycles. The Morgan fingerprint density at radius 2 is 1.77 bits per heavy atom. The van der Waals surface area contributed by atoms with Crippen LogP contribution in [0.5, 0.6) is 0 Å². The number of hydrogen-bond donors (Lipinski definition) is 1. The predicted molar refractivity (Wildman–Crippen MR) is 156 cm³/mol. The number of nitrogens with zero attached hydrogens (tertiary/aromatic N) is 4. The van der Waals surface area contributed by atoms with Gasteiger partial charge in [-0.05, 0) is 61.0 Å². The van der Waals surface area contributed by atoms with Gasteiger partial charge in [-0.15, -0.1) is 0 Å². The molecule has 5 rings (SSSR count). The van der Waals surface area contributed by atoms with Gasteiger partial charge in [-0.1, -0.05) is 43.0 Å². The van der Waals surface area contributed by atoms with Crippen molar-refractivity contribution in [2.75, 3.05) is 23.4 Å². The molecule has 4 aromatic rings. The third kappa shape index (κ3) is 5.53. The van der Waals surface area contributed by atoms with E-state index in [1.54, 1.807) is 49.1 Å². The van der Waals surface area contributed by atoms with Crippen molar-refractivity contribution < 1.29 is 27.6 Å². The Hall–Kier alpha value is -5.19. The van der Waals surface area contributed by atoms with Gasteiger partial charge in [0.05, 0.1) is 17.4 Å². The highest BCUT2D eigenvalue weighted by Crippen LogP contribution is 2.42. The number of aromatic nitrogens is 2. The van der Waals surface area contributed by atoms with Crippen molar-refractivity contribution in [2.45, 2.75) is 25.1 Å². The van der Waals surface area contributed by atoms with Crippen LogP contribution in [-0.2, 0) is 15.8 Å². The topological polar surface area (TPSA) is 87.5 Å². The Morgan fingerprint density at radius 1 is 1.05 bits per heavy atom. The zero-order valence-corrected chi connectivity index (χ0v) is 23.4. The van der Waals surface area contributed by atoms with Crippen molar-refractivity contribution in [1.29, 1.82) is 0 Å². The van der Waals surface area contributed by atoms with Gasteiger partial charge in [-0.3, -0.25) is 19.3 Å². The Labute approximate surface area is 246 Å². The Kier molecular flexibility index (Phi) is 7.90. The third-order valence-corrected chi connectivity index (χ3v) is 7.40. The normalized spacial score (nSPS) is 16.4. The van der Waals surface area contributed by atoms with Crippen LogP contribution >= 0.6 is 0 Å². The van der Waals surface area contributed by atoms with E-state index < -0.39 is 35.5 Å². The van der Waals surface area contributed by atoms with Crippen molar-refractivity contribution >= 4 is 29.2 Å². The molecule has 1 N–H and O–H groups in total. The van der Waals surface area contributed by atoms with Gasteiger partial charge in [-0.2, -0.15) is 18.3 Å². The first-order chi connectivity index (χ1) is 20.5. The number of benzene rings is 3. The minimum atomic E-state index is -4.64. The van der Waals surface area contributed by atoms with E-state index in [1.807, 2.05) is 30.3 Å². The molecular weight excluding hydrogens is 559 g/mol. The number of rotatable bonds is 7. The van der Waals surface area contributed by atoms with E-state index in [1.165, 1.54) is 21.9 Å². The molecule has 8 nitrogen and oxygen atoms in total. The lowest BCUT2D eigenvalue weighted by molar-refractivity contribution is -0.137. The summed E-state index contributed by atoms with van der Waals surface area (Å²) in [6.07, 6.45) is -1.85. The Balaban J connectivity index is 1.65. The quantitative estimate of drug-likeness (QED) is 0.296. The number of alkyl halides is 3. The standard InChI is InChI=1S/C32H28F3N5O3/c1-4-26(41)38(3)24-16-10-11-20(18-24)27-25-19-36-40(23-14-7-6-8-15-23)30(25)39(5-2)31(43)28(27)37-29(42)21-12-9-13-22(17-21)32(33,34)35/h4,6-19,27-28H,1,5H2,2-3H3,(H,37,42)/t27-,28+/m0/s1. The van der Waals surface area contributed by atoms with Crippen LogP contribution in [0.4, 0.5) is 24.7 Å². The maximum Gasteiger partial charge on any atom is 0.416 e. The summed E-state index contributed by atoms with van der Waals surface area (Å²) in [6, 6.07) is 19.0. The molecule has 1 aliphatic rings. The lowest BCUT2D eigenvalue weighted by atomic mass is 9.82. The summed E-state index contributed by atoms with van der Waals surface area (Å²) in [5.41, 5.74) is 1.23. The smallest absolute Gasteiger partial charge is 0.339 e. The maximum atomic E-state index is 14.2. The Morgan fingerprint density at radius 3 is 2.44 bits per heavy atom. The van der Waals surface area contributed by atoms with E-state index in [2.05, 4.69) is 17.0 Å². The third-order valence-electron chi connectivity index (χ3n) is 7.40. The average Bonchev–Trinajstić information content (AvgIpc) is 3.45. The van der Waals surface area contributed by atoms with Crippen molar-refractivity contribution in [3.05, 3.63) is 120 Å². The number of nitrogens with one attached hydrogen (secondary N) is 1. The number of likely N-dealkylation sites (N-methyl/N-ethyl adjacent to an activating group) is 2. The van der Waals surface area contributed by atoms with Crippen LogP contribution in [-0.4, -0.2) is 47.1 Å². The zero-order chi connectivity index (χ0) is 30.9. The lowest BCUT2D eigenvalue weighted by Crippen LogP contribution is -2.55. The molecule has 43 heavy (non-hydrogen) atoms. The summed E-state index contributed by atoms with van der Waals surface area (Å²) < 4.78 is 41.8. The fraction of sp³-hybridized carbons (Fsp3) is 0.188. The first-order valence-corrected chi connectivity index (χ1v) is 13.5. The van der Waals surface area contributed by atoms with Crippen LogP contribution in [0.25, 0.3) is 5.69 Å². The van der Waals surface area contributed by atoms with Crippen LogP contribution < -0.4 is 15.1 Å². The van der Waals surface area contributed by atoms with E-state index in [0.717, 1.165) is 18.2 Å².